The Hall–Kier alpha value is -4.18. The van der Waals surface area contributed by atoms with Crippen molar-refractivity contribution in [2.24, 2.45) is 0 Å². The number of benzene rings is 2. The van der Waals surface area contributed by atoms with Gasteiger partial charge in [0.25, 0.3) is 5.91 Å². The number of carbonyl (C=O) groups is 3. The number of fused-ring (bicyclic) bond motifs is 3. The third-order valence-electron chi connectivity index (χ3n) is 5.35. The standard InChI is InChI=1S/C24H23N3O7/c28-21(29)13-32-10-9-25-23(30)22-20(34-14-27-22)11-26-24(31)33-12-19-17-7-3-1-5-15(17)16-6-2-4-8-18(16)19/h1-8,14,19H,9-13H2,(H,25,30)(H,26,31)(H,28,29). The molecule has 10 nitrogen and oxygen atoms in total. The van der Waals surface area contributed by atoms with Gasteiger partial charge in [0, 0.05) is 12.5 Å². The Bertz CT molecular complexity index is 1150. The van der Waals surface area contributed by atoms with E-state index in [4.69, 9.17) is 19.0 Å². The van der Waals surface area contributed by atoms with E-state index in [9.17, 15) is 14.4 Å². The summed E-state index contributed by atoms with van der Waals surface area (Å²) >= 11 is 0. The molecule has 0 unspecified atom stereocenters. The predicted molar refractivity (Wildman–Crippen MR) is 119 cm³/mol. The minimum Gasteiger partial charge on any atom is -0.480 e. The highest BCUT2D eigenvalue weighted by Gasteiger charge is 2.29. The zero-order valence-electron chi connectivity index (χ0n) is 18.2. The van der Waals surface area contributed by atoms with Crippen LogP contribution < -0.4 is 10.6 Å². The molecule has 4 rings (SSSR count). The van der Waals surface area contributed by atoms with Crippen LogP contribution in [-0.2, 0) is 20.8 Å². The smallest absolute Gasteiger partial charge is 0.407 e. The zero-order valence-corrected chi connectivity index (χ0v) is 18.2. The number of aliphatic carboxylic acids is 1. The molecule has 3 aromatic rings. The SMILES string of the molecule is O=C(O)COCCNC(=O)c1ncoc1CNC(=O)OCC1c2ccccc2-c2ccccc21. The van der Waals surface area contributed by atoms with Crippen LogP contribution in [0.15, 0.2) is 59.3 Å². The van der Waals surface area contributed by atoms with Crippen LogP contribution in [0.2, 0.25) is 0 Å². The average Bonchev–Trinajstić information content (AvgIpc) is 3.44. The summed E-state index contributed by atoms with van der Waals surface area (Å²) in [4.78, 5) is 38.9. The molecule has 0 fully saturated rings. The molecule has 0 saturated carbocycles. The van der Waals surface area contributed by atoms with Crippen molar-refractivity contribution in [3.63, 3.8) is 0 Å². The summed E-state index contributed by atoms with van der Waals surface area (Å²) in [7, 11) is 0. The van der Waals surface area contributed by atoms with Crippen LogP contribution in [0.3, 0.4) is 0 Å². The molecule has 10 heteroatoms. The summed E-state index contributed by atoms with van der Waals surface area (Å²) in [6.45, 7) is -0.245. The highest BCUT2D eigenvalue weighted by Crippen LogP contribution is 2.44. The van der Waals surface area contributed by atoms with E-state index in [1.165, 1.54) is 0 Å². The fourth-order valence-corrected chi connectivity index (χ4v) is 3.86. The lowest BCUT2D eigenvalue weighted by Crippen LogP contribution is -2.30. The van der Waals surface area contributed by atoms with E-state index in [2.05, 4.69) is 27.8 Å². The molecule has 1 aliphatic carbocycles. The van der Waals surface area contributed by atoms with Gasteiger partial charge in [-0.3, -0.25) is 4.79 Å². The Morgan fingerprint density at radius 3 is 2.35 bits per heavy atom. The van der Waals surface area contributed by atoms with Gasteiger partial charge in [0.05, 0.1) is 13.2 Å². The van der Waals surface area contributed by atoms with Crippen molar-refractivity contribution < 1.29 is 33.4 Å². The van der Waals surface area contributed by atoms with Crippen molar-refractivity contribution in [1.29, 1.82) is 0 Å². The Balaban J connectivity index is 1.28. The molecule has 0 atom stereocenters. The fourth-order valence-electron chi connectivity index (χ4n) is 3.86. The van der Waals surface area contributed by atoms with Crippen LogP contribution >= 0.6 is 0 Å². The summed E-state index contributed by atoms with van der Waals surface area (Å²) in [5.41, 5.74) is 4.50. The summed E-state index contributed by atoms with van der Waals surface area (Å²) in [6, 6.07) is 16.1. The molecule has 0 radical (unpaired) electrons. The second kappa shape index (κ2) is 10.6. The van der Waals surface area contributed by atoms with E-state index < -0.39 is 24.6 Å². The van der Waals surface area contributed by atoms with Crippen LogP contribution in [0.1, 0.15) is 33.3 Å². The van der Waals surface area contributed by atoms with Crippen molar-refractivity contribution in [3.8, 4) is 11.1 Å². The largest absolute Gasteiger partial charge is 0.480 e. The number of nitrogens with zero attached hydrogens (tertiary/aromatic N) is 1. The maximum Gasteiger partial charge on any atom is 0.407 e. The van der Waals surface area contributed by atoms with Crippen molar-refractivity contribution in [2.45, 2.75) is 12.5 Å². The molecule has 1 heterocycles. The summed E-state index contributed by atoms with van der Waals surface area (Å²) in [5.74, 6) is -1.52. The first kappa shape index (κ1) is 23.0. The number of hydrogen-bond acceptors (Lipinski definition) is 7. The van der Waals surface area contributed by atoms with E-state index in [0.717, 1.165) is 28.6 Å². The van der Waals surface area contributed by atoms with Gasteiger partial charge in [0.15, 0.2) is 17.8 Å². The highest BCUT2D eigenvalue weighted by molar-refractivity contribution is 5.93. The van der Waals surface area contributed by atoms with Gasteiger partial charge in [-0.25, -0.2) is 14.6 Å². The first-order valence-corrected chi connectivity index (χ1v) is 10.6. The van der Waals surface area contributed by atoms with E-state index in [1.54, 1.807) is 0 Å². The number of alkyl carbamates (subject to hydrolysis) is 1. The van der Waals surface area contributed by atoms with Gasteiger partial charge >= 0.3 is 12.1 Å². The molecule has 1 aromatic heterocycles. The second-order valence-corrected chi connectivity index (χ2v) is 7.51. The Kier molecular flexibility index (Phi) is 7.19. The molecule has 2 amide bonds. The lowest BCUT2D eigenvalue weighted by molar-refractivity contribution is -0.142. The molecule has 0 spiro atoms. The third-order valence-corrected chi connectivity index (χ3v) is 5.35. The average molecular weight is 465 g/mol. The molecule has 34 heavy (non-hydrogen) atoms. The van der Waals surface area contributed by atoms with Crippen molar-refractivity contribution in [2.75, 3.05) is 26.4 Å². The number of hydrogen-bond donors (Lipinski definition) is 3. The summed E-state index contributed by atoms with van der Waals surface area (Å²) < 4.78 is 15.5. The molecule has 2 aromatic carbocycles. The number of rotatable bonds is 10. The van der Waals surface area contributed by atoms with Gasteiger partial charge < -0.3 is 29.6 Å². The first-order valence-electron chi connectivity index (χ1n) is 10.6. The van der Waals surface area contributed by atoms with Crippen molar-refractivity contribution in [1.82, 2.24) is 15.6 Å². The normalized spacial score (nSPS) is 12.0. The Labute approximate surface area is 194 Å². The molecule has 176 valence electrons. The topological polar surface area (TPSA) is 140 Å². The third kappa shape index (κ3) is 5.24. The highest BCUT2D eigenvalue weighted by atomic mass is 16.5. The quantitative estimate of drug-likeness (QED) is 0.388. The van der Waals surface area contributed by atoms with Gasteiger partial charge in [-0.05, 0) is 22.3 Å². The zero-order chi connectivity index (χ0) is 23.9. The summed E-state index contributed by atoms with van der Waals surface area (Å²) in [5, 5.41) is 13.6. The monoisotopic (exact) mass is 465 g/mol. The Morgan fingerprint density at radius 2 is 1.68 bits per heavy atom. The number of carbonyl (C=O) groups excluding carboxylic acids is 2. The molecular weight excluding hydrogens is 442 g/mol. The van der Waals surface area contributed by atoms with Crippen LogP contribution in [0.4, 0.5) is 4.79 Å². The molecule has 0 saturated heterocycles. The van der Waals surface area contributed by atoms with Gasteiger partial charge in [-0.1, -0.05) is 48.5 Å². The Morgan fingerprint density at radius 1 is 1.00 bits per heavy atom. The van der Waals surface area contributed by atoms with E-state index in [0.29, 0.717) is 0 Å². The van der Waals surface area contributed by atoms with Crippen molar-refractivity contribution >= 4 is 18.0 Å². The number of ether oxygens (including phenoxy) is 2. The predicted octanol–water partition coefficient (Wildman–Crippen LogP) is 2.54. The van der Waals surface area contributed by atoms with Gasteiger partial charge in [-0.15, -0.1) is 0 Å². The maximum atomic E-state index is 12.3. The first-order chi connectivity index (χ1) is 16.5. The summed E-state index contributed by atoms with van der Waals surface area (Å²) in [6.07, 6.45) is 0.455. The second-order valence-electron chi connectivity index (χ2n) is 7.51. The molecule has 0 bridgehead atoms. The molecule has 3 N–H and O–H groups in total. The molecule has 1 aliphatic rings. The van der Waals surface area contributed by atoms with Gasteiger partial charge in [0.1, 0.15) is 13.2 Å². The number of aromatic nitrogens is 1. The minimum absolute atomic E-state index is 0.0113. The van der Waals surface area contributed by atoms with E-state index >= 15 is 0 Å². The van der Waals surface area contributed by atoms with E-state index in [-0.39, 0.29) is 43.7 Å². The number of carboxylic acids is 1. The van der Waals surface area contributed by atoms with Gasteiger partial charge in [0.2, 0.25) is 0 Å². The van der Waals surface area contributed by atoms with Crippen LogP contribution in [0, 0.1) is 0 Å². The van der Waals surface area contributed by atoms with Gasteiger partial charge in [-0.2, -0.15) is 0 Å². The van der Waals surface area contributed by atoms with E-state index in [1.807, 2.05) is 36.4 Å². The lowest BCUT2D eigenvalue weighted by atomic mass is 9.98. The molecule has 0 aliphatic heterocycles. The number of nitrogens with one attached hydrogen (secondary N) is 2. The lowest BCUT2D eigenvalue weighted by Gasteiger charge is -2.14. The van der Waals surface area contributed by atoms with Crippen LogP contribution in [-0.4, -0.2) is 54.4 Å². The molecular formula is C24H23N3O7. The number of carboxylic acid groups (broad SMARTS) is 1. The van der Waals surface area contributed by atoms with Crippen LogP contribution in [0.25, 0.3) is 11.1 Å². The van der Waals surface area contributed by atoms with Crippen molar-refractivity contribution in [3.05, 3.63) is 77.5 Å². The number of amides is 2. The fraction of sp³-hybridized carbons (Fsp3) is 0.250. The number of oxazole rings is 1. The maximum absolute atomic E-state index is 12.3. The van der Waals surface area contributed by atoms with Crippen LogP contribution in [0.5, 0.6) is 0 Å². The minimum atomic E-state index is -1.09.